The molecule has 0 aliphatic heterocycles. The van der Waals surface area contributed by atoms with Crippen LogP contribution >= 0.6 is 0 Å². The molecule has 8 heteroatoms. The number of aromatic nitrogens is 2. The van der Waals surface area contributed by atoms with Gasteiger partial charge in [0.05, 0.1) is 19.9 Å². The Kier molecular flexibility index (Phi) is 6.97. The molecule has 0 saturated carbocycles. The van der Waals surface area contributed by atoms with Gasteiger partial charge in [0.25, 0.3) is 5.91 Å². The summed E-state index contributed by atoms with van der Waals surface area (Å²) in [5, 5.41) is 13.8. The summed E-state index contributed by atoms with van der Waals surface area (Å²) < 4.78 is 15.4. The number of methoxy groups -OCH3 is 3. The number of nitrogens with zero attached hydrogens (tertiary/aromatic N) is 2. The number of hydrogen-bond donors (Lipinski definition) is 2. The maximum atomic E-state index is 12.3. The zero-order valence-corrected chi connectivity index (χ0v) is 14.5. The zero-order chi connectivity index (χ0) is 18.1. The Labute approximate surface area is 146 Å². The maximum absolute atomic E-state index is 12.3. The number of carbonyl (C=O) groups excluding carboxylic acids is 1. The van der Waals surface area contributed by atoms with Crippen molar-refractivity contribution < 1.29 is 19.0 Å². The van der Waals surface area contributed by atoms with Gasteiger partial charge in [-0.05, 0) is 30.7 Å². The van der Waals surface area contributed by atoms with E-state index in [1.807, 2.05) is 0 Å². The molecule has 1 amide bonds. The molecule has 0 fully saturated rings. The molecule has 0 radical (unpaired) electrons. The van der Waals surface area contributed by atoms with Gasteiger partial charge in [-0.2, -0.15) is 0 Å². The van der Waals surface area contributed by atoms with E-state index >= 15 is 0 Å². The van der Waals surface area contributed by atoms with Crippen molar-refractivity contribution in [3.05, 3.63) is 36.0 Å². The van der Waals surface area contributed by atoms with Gasteiger partial charge in [0, 0.05) is 26.3 Å². The van der Waals surface area contributed by atoms with Crippen molar-refractivity contribution >= 4 is 17.4 Å². The molecular formula is C17H22N4O4. The van der Waals surface area contributed by atoms with Crippen LogP contribution in [0.4, 0.5) is 11.5 Å². The van der Waals surface area contributed by atoms with Crippen molar-refractivity contribution in [2.75, 3.05) is 45.1 Å². The van der Waals surface area contributed by atoms with E-state index in [2.05, 4.69) is 20.8 Å². The summed E-state index contributed by atoms with van der Waals surface area (Å²) in [6.07, 6.45) is 0.859. The molecular weight excluding hydrogens is 324 g/mol. The van der Waals surface area contributed by atoms with Gasteiger partial charge in [-0.3, -0.25) is 4.79 Å². The van der Waals surface area contributed by atoms with Crippen LogP contribution in [0.25, 0.3) is 0 Å². The fraction of sp³-hybridized carbons (Fsp3) is 0.353. The van der Waals surface area contributed by atoms with E-state index in [0.29, 0.717) is 29.6 Å². The average Bonchev–Trinajstić information content (AvgIpc) is 2.66. The fourth-order valence-corrected chi connectivity index (χ4v) is 2.07. The molecule has 0 unspecified atom stereocenters. The Morgan fingerprint density at radius 2 is 1.92 bits per heavy atom. The lowest BCUT2D eigenvalue weighted by Crippen LogP contribution is -2.15. The van der Waals surface area contributed by atoms with Crippen LogP contribution in [0.15, 0.2) is 30.3 Å². The number of amides is 1. The molecule has 0 saturated heterocycles. The Morgan fingerprint density at radius 1 is 1.08 bits per heavy atom. The first-order valence-corrected chi connectivity index (χ1v) is 7.78. The van der Waals surface area contributed by atoms with Gasteiger partial charge < -0.3 is 24.8 Å². The van der Waals surface area contributed by atoms with Crippen molar-refractivity contribution in [2.45, 2.75) is 6.42 Å². The fourth-order valence-electron chi connectivity index (χ4n) is 2.07. The van der Waals surface area contributed by atoms with E-state index in [1.54, 1.807) is 44.6 Å². The zero-order valence-electron chi connectivity index (χ0n) is 14.5. The monoisotopic (exact) mass is 346 g/mol. The molecule has 0 aliphatic carbocycles. The lowest BCUT2D eigenvalue weighted by molar-refractivity contribution is 0.102. The number of hydrogen-bond acceptors (Lipinski definition) is 7. The Balaban J connectivity index is 1.99. The third kappa shape index (κ3) is 5.32. The minimum absolute atomic E-state index is 0.209. The quantitative estimate of drug-likeness (QED) is 0.672. The summed E-state index contributed by atoms with van der Waals surface area (Å²) >= 11 is 0. The number of rotatable bonds is 9. The van der Waals surface area contributed by atoms with Crippen molar-refractivity contribution in [3.8, 4) is 11.5 Å². The second-order valence-electron chi connectivity index (χ2n) is 5.10. The maximum Gasteiger partial charge on any atom is 0.276 e. The van der Waals surface area contributed by atoms with Gasteiger partial charge in [0.2, 0.25) is 0 Å². The smallest absolute Gasteiger partial charge is 0.276 e. The molecule has 25 heavy (non-hydrogen) atoms. The third-order valence-electron chi connectivity index (χ3n) is 3.39. The van der Waals surface area contributed by atoms with E-state index < -0.39 is 0 Å². The van der Waals surface area contributed by atoms with Crippen molar-refractivity contribution in [3.63, 3.8) is 0 Å². The van der Waals surface area contributed by atoms with E-state index in [9.17, 15) is 4.79 Å². The predicted molar refractivity (Wildman–Crippen MR) is 94.5 cm³/mol. The topological polar surface area (TPSA) is 94.6 Å². The molecule has 1 aromatic carbocycles. The summed E-state index contributed by atoms with van der Waals surface area (Å²) in [6, 6.07) is 8.44. The lowest BCUT2D eigenvalue weighted by Gasteiger charge is -2.11. The molecule has 0 aliphatic rings. The number of anilines is 2. The molecule has 0 spiro atoms. The van der Waals surface area contributed by atoms with Crippen LogP contribution in [-0.4, -0.2) is 50.6 Å². The normalized spacial score (nSPS) is 10.2. The van der Waals surface area contributed by atoms with Gasteiger partial charge in [-0.1, -0.05) is 0 Å². The summed E-state index contributed by atoms with van der Waals surface area (Å²) in [5.41, 5.74) is 0.733. The third-order valence-corrected chi connectivity index (χ3v) is 3.39. The highest BCUT2D eigenvalue weighted by molar-refractivity contribution is 6.03. The van der Waals surface area contributed by atoms with Gasteiger partial charge in [0.15, 0.2) is 5.69 Å². The average molecular weight is 346 g/mol. The number of benzene rings is 1. The van der Waals surface area contributed by atoms with E-state index in [4.69, 9.17) is 14.2 Å². The van der Waals surface area contributed by atoms with Crippen LogP contribution in [-0.2, 0) is 4.74 Å². The summed E-state index contributed by atoms with van der Waals surface area (Å²) in [6.45, 7) is 1.39. The van der Waals surface area contributed by atoms with Gasteiger partial charge in [-0.25, -0.2) is 0 Å². The van der Waals surface area contributed by atoms with Crippen LogP contribution in [0, 0.1) is 0 Å². The van der Waals surface area contributed by atoms with Crippen LogP contribution in [0.5, 0.6) is 11.5 Å². The molecule has 1 heterocycles. The second-order valence-corrected chi connectivity index (χ2v) is 5.10. The van der Waals surface area contributed by atoms with Crippen molar-refractivity contribution in [1.82, 2.24) is 10.2 Å². The van der Waals surface area contributed by atoms with E-state index in [0.717, 1.165) is 13.0 Å². The van der Waals surface area contributed by atoms with Gasteiger partial charge in [0.1, 0.15) is 17.3 Å². The number of ether oxygens (including phenoxy) is 3. The SMILES string of the molecule is COCCCNc1ccc(C(=O)Nc2ccc(OC)cc2OC)nn1. The highest BCUT2D eigenvalue weighted by atomic mass is 16.5. The highest BCUT2D eigenvalue weighted by Crippen LogP contribution is 2.29. The molecule has 2 N–H and O–H groups in total. The van der Waals surface area contributed by atoms with Crippen LogP contribution < -0.4 is 20.1 Å². The van der Waals surface area contributed by atoms with Gasteiger partial charge >= 0.3 is 0 Å². The molecule has 2 aromatic rings. The first-order chi connectivity index (χ1) is 12.2. The van der Waals surface area contributed by atoms with Crippen LogP contribution in [0.2, 0.25) is 0 Å². The minimum atomic E-state index is -0.373. The largest absolute Gasteiger partial charge is 0.497 e. The Bertz CT molecular complexity index is 692. The van der Waals surface area contributed by atoms with Crippen molar-refractivity contribution in [1.29, 1.82) is 0 Å². The van der Waals surface area contributed by atoms with Crippen LogP contribution in [0.1, 0.15) is 16.9 Å². The van der Waals surface area contributed by atoms with E-state index in [-0.39, 0.29) is 11.6 Å². The molecule has 134 valence electrons. The first kappa shape index (κ1) is 18.5. The molecule has 1 aromatic heterocycles. The van der Waals surface area contributed by atoms with Gasteiger partial charge in [-0.15, -0.1) is 10.2 Å². The Morgan fingerprint density at radius 3 is 2.56 bits per heavy atom. The number of carbonyl (C=O) groups is 1. The number of nitrogens with one attached hydrogen (secondary N) is 2. The second kappa shape index (κ2) is 9.43. The van der Waals surface area contributed by atoms with Crippen LogP contribution in [0.3, 0.4) is 0 Å². The summed E-state index contributed by atoms with van der Waals surface area (Å²) in [5.74, 6) is 1.37. The first-order valence-electron chi connectivity index (χ1n) is 7.78. The Hall–Kier alpha value is -2.87. The minimum Gasteiger partial charge on any atom is -0.497 e. The molecule has 8 nitrogen and oxygen atoms in total. The lowest BCUT2D eigenvalue weighted by atomic mass is 10.2. The van der Waals surface area contributed by atoms with E-state index in [1.165, 1.54) is 7.11 Å². The predicted octanol–water partition coefficient (Wildman–Crippen LogP) is 2.19. The summed E-state index contributed by atoms with van der Waals surface area (Å²) in [4.78, 5) is 12.3. The molecule has 0 bridgehead atoms. The van der Waals surface area contributed by atoms with Crippen molar-refractivity contribution in [2.24, 2.45) is 0 Å². The highest BCUT2D eigenvalue weighted by Gasteiger charge is 2.12. The molecule has 0 atom stereocenters. The standard InChI is InChI=1S/C17H22N4O4/c1-23-10-4-9-18-16-8-7-14(20-21-16)17(22)19-13-6-5-12(24-2)11-15(13)25-3/h5-8,11H,4,9-10H2,1-3H3,(H,18,21)(H,19,22). The summed E-state index contributed by atoms with van der Waals surface area (Å²) in [7, 11) is 4.74. The molecule has 2 rings (SSSR count).